The molecule has 0 aliphatic carbocycles. The Labute approximate surface area is 185 Å². The molecule has 3 aromatic rings. The summed E-state index contributed by atoms with van der Waals surface area (Å²) in [6, 6.07) is 19.6. The second kappa shape index (κ2) is 9.63. The van der Waals surface area contributed by atoms with Crippen molar-refractivity contribution in [3.05, 3.63) is 83.4 Å². The van der Waals surface area contributed by atoms with E-state index >= 15 is 0 Å². The number of amides is 2. The molecular formula is C22H20ClN3O4S. The Balaban J connectivity index is 1.68. The molecule has 3 aromatic carbocycles. The van der Waals surface area contributed by atoms with Crippen molar-refractivity contribution in [2.45, 2.75) is 4.90 Å². The summed E-state index contributed by atoms with van der Waals surface area (Å²) in [5.74, 6) is -0.808. The molecule has 0 aliphatic rings. The van der Waals surface area contributed by atoms with Gasteiger partial charge in [-0.05, 0) is 48.5 Å². The molecule has 0 fully saturated rings. The lowest BCUT2D eigenvalue weighted by Crippen LogP contribution is -2.24. The molecule has 0 heterocycles. The van der Waals surface area contributed by atoms with Crippen LogP contribution in [-0.2, 0) is 14.6 Å². The lowest BCUT2D eigenvalue weighted by Gasteiger charge is -2.13. The van der Waals surface area contributed by atoms with Gasteiger partial charge in [-0.3, -0.25) is 9.59 Å². The van der Waals surface area contributed by atoms with E-state index in [4.69, 9.17) is 11.6 Å². The number of hydrogen-bond acceptors (Lipinski definition) is 5. The molecule has 0 bridgehead atoms. The molecule has 0 aromatic heterocycles. The van der Waals surface area contributed by atoms with Gasteiger partial charge in [0.2, 0.25) is 5.91 Å². The van der Waals surface area contributed by atoms with E-state index in [0.29, 0.717) is 22.0 Å². The van der Waals surface area contributed by atoms with Crippen LogP contribution in [0.5, 0.6) is 0 Å². The smallest absolute Gasteiger partial charge is 0.257 e. The number of carbonyl (C=O) groups is 2. The lowest BCUT2D eigenvalue weighted by molar-refractivity contribution is -0.114. The van der Waals surface area contributed by atoms with E-state index in [1.807, 2.05) is 0 Å². The fourth-order valence-corrected chi connectivity index (χ4v) is 3.80. The Kier molecular flexibility index (Phi) is 6.94. The Morgan fingerprint density at radius 1 is 0.839 bits per heavy atom. The van der Waals surface area contributed by atoms with Crippen molar-refractivity contribution < 1.29 is 18.0 Å². The van der Waals surface area contributed by atoms with Crippen LogP contribution in [0.15, 0.2) is 77.7 Å². The van der Waals surface area contributed by atoms with E-state index in [-0.39, 0.29) is 23.0 Å². The van der Waals surface area contributed by atoms with E-state index in [1.165, 1.54) is 12.1 Å². The molecule has 0 saturated heterocycles. The maximum Gasteiger partial charge on any atom is 0.257 e. The lowest BCUT2D eigenvalue weighted by atomic mass is 10.1. The van der Waals surface area contributed by atoms with Crippen molar-refractivity contribution in [3.8, 4) is 0 Å². The minimum atomic E-state index is -3.49. The molecule has 0 radical (unpaired) electrons. The second-order valence-electron chi connectivity index (χ2n) is 6.68. The van der Waals surface area contributed by atoms with E-state index in [9.17, 15) is 18.0 Å². The summed E-state index contributed by atoms with van der Waals surface area (Å²) in [6.07, 6.45) is 1.08. The summed E-state index contributed by atoms with van der Waals surface area (Å²) >= 11 is 5.86. The zero-order chi connectivity index (χ0) is 22.4. The third kappa shape index (κ3) is 6.07. The zero-order valence-corrected chi connectivity index (χ0v) is 18.1. The fourth-order valence-electron chi connectivity index (χ4n) is 2.83. The van der Waals surface area contributed by atoms with Crippen LogP contribution in [0.1, 0.15) is 10.4 Å². The van der Waals surface area contributed by atoms with Crippen molar-refractivity contribution >= 4 is 50.3 Å². The van der Waals surface area contributed by atoms with Crippen LogP contribution in [-0.4, -0.2) is 33.0 Å². The molecule has 0 saturated carbocycles. The molecule has 31 heavy (non-hydrogen) atoms. The standard InChI is InChI=1S/C22H20ClN3O4S/c1-31(29,30)20-9-5-4-8-19(20)26-21(27)14-24-18-7-3-2-6-17(18)22(28)25-16-12-10-15(23)11-13-16/h2-13,24H,14H2,1H3,(H,25,28)(H,26,27). The quantitative estimate of drug-likeness (QED) is 0.496. The number of nitrogens with one attached hydrogen (secondary N) is 3. The first-order valence-corrected chi connectivity index (χ1v) is 11.5. The summed E-state index contributed by atoms with van der Waals surface area (Å²) in [7, 11) is -3.49. The maximum absolute atomic E-state index is 12.7. The van der Waals surface area contributed by atoms with Crippen LogP contribution >= 0.6 is 11.6 Å². The van der Waals surface area contributed by atoms with E-state index in [1.54, 1.807) is 60.7 Å². The average Bonchev–Trinajstić information content (AvgIpc) is 2.74. The molecule has 0 atom stereocenters. The van der Waals surface area contributed by atoms with Crippen LogP contribution < -0.4 is 16.0 Å². The van der Waals surface area contributed by atoms with Gasteiger partial charge in [-0.15, -0.1) is 0 Å². The highest BCUT2D eigenvalue weighted by Gasteiger charge is 2.16. The number of halogens is 1. The number of sulfone groups is 1. The van der Waals surface area contributed by atoms with E-state index in [0.717, 1.165) is 6.26 Å². The SMILES string of the molecule is CS(=O)(=O)c1ccccc1NC(=O)CNc1ccccc1C(=O)Nc1ccc(Cl)cc1. The largest absolute Gasteiger partial charge is 0.376 e. The van der Waals surface area contributed by atoms with Gasteiger partial charge < -0.3 is 16.0 Å². The number of hydrogen-bond donors (Lipinski definition) is 3. The van der Waals surface area contributed by atoms with Crippen LogP contribution in [0.25, 0.3) is 0 Å². The summed E-state index contributed by atoms with van der Waals surface area (Å²) in [5, 5.41) is 8.84. The Morgan fingerprint density at radius 3 is 2.13 bits per heavy atom. The van der Waals surface area contributed by atoms with Gasteiger partial charge in [-0.25, -0.2) is 8.42 Å². The summed E-state index contributed by atoms with van der Waals surface area (Å²) in [4.78, 5) is 25.1. The zero-order valence-electron chi connectivity index (χ0n) is 16.6. The summed E-state index contributed by atoms with van der Waals surface area (Å²) in [6.45, 7) is -0.163. The second-order valence-corrected chi connectivity index (χ2v) is 9.10. The Morgan fingerprint density at radius 2 is 1.45 bits per heavy atom. The van der Waals surface area contributed by atoms with Gasteiger partial charge in [-0.2, -0.15) is 0 Å². The minimum Gasteiger partial charge on any atom is -0.376 e. The first-order valence-electron chi connectivity index (χ1n) is 9.23. The van der Waals surface area contributed by atoms with Gasteiger partial charge >= 0.3 is 0 Å². The Bertz CT molecular complexity index is 1210. The molecule has 0 aliphatic heterocycles. The molecule has 2 amide bonds. The van der Waals surface area contributed by atoms with E-state index in [2.05, 4.69) is 16.0 Å². The van der Waals surface area contributed by atoms with Gasteiger partial charge in [-0.1, -0.05) is 35.9 Å². The molecule has 0 spiro atoms. The normalized spacial score (nSPS) is 10.9. The van der Waals surface area contributed by atoms with Crippen molar-refractivity contribution in [2.75, 3.05) is 28.8 Å². The van der Waals surface area contributed by atoms with Gasteiger partial charge in [0.05, 0.1) is 22.7 Å². The Hall–Kier alpha value is -3.36. The van der Waals surface area contributed by atoms with Gasteiger partial charge in [0.1, 0.15) is 0 Å². The van der Waals surface area contributed by atoms with Crippen molar-refractivity contribution in [1.29, 1.82) is 0 Å². The molecule has 9 heteroatoms. The first kappa shape index (κ1) is 22.3. The third-order valence-corrected chi connectivity index (χ3v) is 5.68. The molecule has 0 unspecified atom stereocenters. The van der Waals surface area contributed by atoms with E-state index < -0.39 is 15.7 Å². The number of benzene rings is 3. The molecule has 7 nitrogen and oxygen atoms in total. The molecule has 3 rings (SSSR count). The minimum absolute atomic E-state index is 0.0334. The number of rotatable bonds is 7. The average molecular weight is 458 g/mol. The highest BCUT2D eigenvalue weighted by Crippen LogP contribution is 2.21. The number of carbonyl (C=O) groups excluding carboxylic acids is 2. The van der Waals surface area contributed by atoms with Gasteiger partial charge in [0.25, 0.3) is 5.91 Å². The number of para-hydroxylation sites is 2. The maximum atomic E-state index is 12.7. The van der Waals surface area contributed by atoms with Crippen LogP contribution in [0, 0.1) is 0 Å². The van der Waals surface area contributed by atoms with Crippen molar-refractivity contribution in [1.82, 2.24) is 0 Å². The molecule has 3 N–H and O–H groups in total. The summed E-state index contributed by atoms with van der Waals surface area (Å²) in [5.41, 5.74) is 1.59. The highest BCUT2D eigenvalue weighted by molar-refractivity contribution is 7.90. The fraction of sp³-hybridized carbons (Fsp3) is 0.0909. The number of anilines is 3. The summed E-state index contributed by atoms with van der Waals surface area (Å²) < 4.78 is 23.8. The van der Waals surface area contributed by atoms with Gasteiger partial charge in [0, 0.05) is 22.7 Å². The van der Waals surface area contributed by atoms with Crippen molar-refractivity contribution in [3.63, 3.8) is 0 Å². The highest BCUT2D eigenvalue weighted by atomic mass is 35.5. The topological polar surface area (TPSA) is 104 Å². The van der Waals surface area contributed by atoms with Crippen molar-refractivity contribution in [2.24, 2.45) is 0 Å². The van der Waals surface area contributed by atoms with Crippen LogP contribution in [0.4, 0.5) is 17.1 Å². The molecule has 160 valence electrons. The monoisotopic (exact) mass is 457 g/mol. The first-order chi connectivity index (χ1) is 14.7. The van der Waals surface area contributed by atoms with Gasteiger partial charge in [0.15, 0.2) is 9.84 Å². The van der Waals surface area contributed by atoms with Crippen LogP contribution in [0.3, 0.4) is 0 Å². The molecular weight excluding hydrogens is 438 g/mol. The predicted molar refractivity (Wildman–Crippen MR) is 123 cm³/mol. The predicted octanol–water partition coefficient (Wildman–Crippen LogP) is 4.05. The third-order valence-electron chi connectivity index (χ3n) is 4.27. The van der Waals surface area contributed by atoms with Crippen LogP contribution in [0.2, 0.25) is 5.02 Å².